The third-order valence-corrected chi connectivity index (χ3v) is 4.31. The van der Waals surface area contributed by atoms with Crippen LogP contribution in [0.2, 0.25) is 0 Å². The van der Waals surface area contributed by atoms with E-state index in [-0.39, 0.29) is 6.10 Å². The van der Waals surface area contributed by atoms with Gasteiger partial charge in [0.25, 0.3) is 0 Å². The summed E-state index contributed by atoms with van der Waals surface area (Å²) in [5, 5.41) is 7.23. The van der Waals surface area contributed by atoms with E-state index < -0.39 is 0 Å². The van der Waals surface area contributed by atoms with Gasteiger partial charge in [-0.15, -0.1) is 0 Å². The van der Waals surface area contributed by atoms with Crippen molar-refractivity contribution in [2.75, 3.05) is 18.5 Å². The maximum absolute atomic E-state index is 5.64. The van der Waals surface area contributed by atoms with Crippen LogP contribution in [0.1, 0.15) is 24.3 Å². The zero-order valence-electron chi connectivity index (χ0n) is 14.3. The van der Waals surface area contributed by atoms with E-state index in [9.17, 15) is 0 Å². The van der Waals surface area contributed by atoms with Crippen LogP contribution in [0.5, 0.6) is 0 Å². The summed E-state index contributed by atoms with van der Waals surface area (Å²) < 4.78 is 16.5. The summed E-state index contributed by atoms with van der Waals surface area (Å²) in [4.78, 5) is 9.13. The van der Waals surface area contributed by atoms with E-state index in [0.717, 1.165) is 47.7 Å². The van der Waals surface area contributed by atoms with Crippen molar-refractivity contribution in [1.29, 1.82) is 0 Å². The van der Waals surface area contributed by atoms with Crippen LogP contribution in [0, 0.1) is 13.8 Å². The second-order valence-electron chi connectivity index (χ2n) is 6.19. The van der Waals surface area contributed by atoms with E-state index in [1.165, 1.54) is 0 Å². The number of nitrogens with zero attached hydrogens (tertiary/aromatic N) is 3. The van der Waals surface area contributed by atoms with Crippen molar-refractivity contribution in [3.63, 3.8) is 0 Å². The van der Waals surface area contributed by atoms with E-state index in [1.54, 1.807) is 12.5 Å². The lowest BCUT2D eigenvalue weighted by atomic mass is 10.1. The summed E-state index contributed by atoms with van der Waals surface area (Å²) in [6, 6.07) is 3.77. The van der Waals surface area contributed by atoms with Gasteiger partial charge in [-0.3, -0.25) is 0 Å². The molecule has 0 saturated carbocycles. The summed E-state index contributed by atoms with van der Waals surface area (Å²) in [6.45, 7) is 5.32. The molecule has 25 heavy (non-hydrogen) atoms. The first-order valence-electron chi connectivity index (χ1n) is 8.41. The molecule has 3 aromatic rings. The molecule has 3 aromatic heterocycles. The topological polar surface area (TPSA) is 86.2 Å². The second kappa shape index (κ2) is 6.68. The van der Waals surface area contributed by atoms with Gasteiger partial charge in [0.1, 0.15) is 5.76 Å². The van der Waals surface area contributed by atoms with Crippen LogP contribution in [0.25, 0.3) is 22.6 Å². The van der Waals surface area contributed by atoms with Crippen LogP contribution in [-0.2, 0) is 4.74 Å². The van der Waals surface area contributed by atoms with E-state index in [0.29, 0.717) is 18.3 Å². The highest BCUT2D eigenvalue weighted by Gasteiger charge is 2.19. The average molecular weight is 340 g/mol. The Morgan fingerprint density at radius 1 is 1.28 bits per heavy atom. The van der Waals surface area contributed by atoms with E-state index >= 15 is 0 Å². The lowest BCUT2D eigenvalue weighted by molar-refractivity contribution is 0.120. The van der Waals surface area contributed by atoms with Gasteiger partial charge in [-0.1, -0.05) is 5.16 Å². The molecule has 0 amide bonds. The molecule has 0 spiro atoms. The van der Waals surface area contributed by atoms with Gasteiger partial charge in [0.2, 0.25) is 5.95 Å². The fourth-order valence-corrected chi connectivity index (χ4v) is 2.98. The average Bonchev–Trinajstić information content (AvgIpc) is 3.35. The van der Waals surface area contributed by atoms with Crippen molar-refractivity contribution in [3.05, 3.63) is 36.0 Å². The SMILES string of the molecule is Cc1cc(-c2cnc(NCC3CCCO3)nc2-c2ccoc2C)on1. The first kappa shape index (κ1) is 15.8. The number of anilines is 1. The Labute approximate surface area is 145 Å². The fraction of sp³-hybridized carbons (Fsp3) is 0.389. The number of aryl methyl sites for hydroxylation is 2. The van der Waals surface area contributed by atoms with Crippen LogP contribution in [0.3, 0.4) is 0 Å². The third-order valence-electron chi connectivity index (χ3n) is 4.31. The summed E-state index contributed by atoms with van der Waals surface area (Å²) in [6.07, 6.45) is 5.81. The molecule has 1 aliphatic rings. The van der Waals surface area contributed by atoms with Gasteiger partial charge in [-0.05, 0) is 32.8 Å². The molecular weight excluding hydrogens is 320 g/mol. The standard InChI is InChI=1S/C18H20N4O3/c1-11-8-16(25-22-11)15-10-20-18(19-9-13-4-3-6-24-13)21-17(15)14-5-7-23-12(14)2/h5,7-8,10,13H,3-4,6,9H2,1-2H3,(H,19,20,21). The van der Waals surface area contributed by atoms with Gasteiger partial charge in [0.05, 0.1) is 29.3 Å². The molecule has 0 radical (unpaired) electrons. The maximum atomic E-state index is 5.64. The zero-order chi connectivity index (χ0) is 17.2. The van der Waals surface area contributed by atoms with E-state index in [4.69, 9.17) is 18.7 Å². The van der Waals surface area contributed by atoms with Gasteiger partial charge >= 0.3 is 0 Å². The van der Waals surface area contributed by atoms with Crippen molar-refractivity contribution in [1.82, 2.24) is 15.1 Å². The van der Waals surface area contributed by atoms with Gasteiger partial charge in [-0.2, -0.15) is 0 Å². The molecule has 4 rings (SSSR count). The first-order valence-corrected chi connectivity index (χ1v) is 8.41. The molecular formula is C18H20N4O3. The van der Waals surface area contributed by atoms with Crippen LogP contribution >= 0.6 is 0 Å². The molecule has 7 nitrogen and oxygen atoms in total. The molecule has 1 atom stereocenters. The van der Waals surface area contributed by atoms with Crippen molar-refractivity contribution < 1.29 is 13.7 Å². The molecule has 0 bridgehead atoms. The van der Waals surface area contributed by atoms with Crippen molar-refractivity contribution >= 4 is 5.95 Å². The molecule has 7 heteroatoms. The summed E-state index contributed by atoms with van der Waals surface area (Å²) >= 11 is 0. The van der Waals surface area contributed by atoms with Gasteiger partial charge in [0.15, 0.2) is 5.76 Å². The van der Waals surface area contributed by atoms with Crippen LogP contribution in [0.15, 0.2) is 33.5 Å². The fourth-order valence-electron chi connectivity index (χ4n) is 2.98. The highest BCUT2D eigenvalue weighted by atomic mass is 16.5. The maximum Gasteiger partial charge on any atom is 0.223 e. The Kier molecular flexibility index (Phi) is 4.23. The molecule has 1 unspecified atom stereocenters. The van der Waals surface area contributed by atoms with Crippen LogP contribution in [0.4, 0.5) is 5.95 Å². The Morgan fingerprint density at radius 2 is 2.20 bits per heavy atom. The van der Waals surface area contributed by atoms with E-state index in [2.05, 4.69) is 15.5 Å². The largest absolute Gasteiger partial charge is 0.469 e. The molecule has 1 aliphatic heterocycles. The lowest BCUT2D eigenvalue weighted by Crippen LogP contribution is -2.19. The highest BCUT2D eigenvalue weighted by Crippen LogP contribution is 2.33. The minimum absolute atomic E-state index is 0.222. The normalized spacial score (nSPS) is 17.1. The van der Waals surface area contributed by atoms with Crippen molar-refractivity contribution in [2.45, 2.75) is 32.8 Å². The molecule has 1 N–H and O–H groups in total. The Bertz CT molecular complexity index is 865. The molecule has 0 aliphatic carbocycles. The molecule has 130 valence electrons. The number of furan rings is 1. The van der Waals surface area contributed by atoms with E-state index in [1.807, 2.05) is 26.0 Å². The number of nitrogens with one attached hydrogen (secondary N) is 1. The Hall–Kier alpha value is -2.67. The minimum Gasteiger partial charge on any atom is -0.469 e. The van der Waals surface area contributed by atoms with Crippen molar-refractivity contribution in [2.24, 2.45) is 0 Å². The Morgan fingerprint density at radius 3 is 2.88 bits per heavy atom. The molecule has 1 fully saturated rings. The second-order valence-corrected chi connectivity index (χ2v) is 6.19. The quantitative estimate of drug-likeness (QED) is 0.759. The predicted octanol–water partition coefficient (Wildman–Crippen LogP) is 3.60. The highest BCUT2D eigenvalue weighted by molar-refractivity contribution is 5.79. The predicted molar refractivity (Wildman–Crippen MR) is 92.2 cm³/mol. The zero-order valence-corrected chi connectivity index (χ0v) is 14.3. The first-order chi connectivity index (χ1) is 12.2. The summed E-state index contributed by atoms with van der Waals surface area (Å²) in [5.41, 5.74) is 3.26. The smallest absolute Gasteiger partial charge is 0.223 e. The Balaban J connectivity index is 1.68. The number of rotatable bonds is 5. The van der Waals surface area contributed by atoms with Gasteiger partial charge < -0.3 is 19.0 Å². The molecule has 0 aromatic carbocycles. The number of ether oxygens (including phenoxy) is 1. The third kappa shape index (κ3) is 3.28. The number of hydrogen-bond donors (Lipinski definition) is 1. The monoisotopic (exact) mass is 340 g/mol. The van der Waals surface area contributed by atoms with Gasteiger partial charge in [0, 0.05) is 31.0 Å². The lowest BCUT2D eigenvalue weighted by Gasteiger charge is -2.12. The molecule has 1 saturated heterocycles. The number of aromatic nitrogens is 3. The summed E-state index contributed by atoms with van der Waals surface area (Å²) in [7, 11) is 0. The van der Waals surface area contributed by atoms with Crippen molar-refractivity contribution in [3.8, 4) is 22.6 Å². The van der Waals surface area contributed by atoms with Gasteiger partial charge in [-0.25, -0.2) is 9.97 Å². The van der Waals surface area contributed by atoms with Crippen LogP contribution in [-0.4, -0.2) is 34.4 Å². The minimum atomic E-state index is 0.222. The molecule has 4 heterocycles. The van der Waals surface area contributed by atoms with Crippen LogP contribution < -0.4 is 5.32 Å². The summed E-state index contributed by atoms with van der Waals surface area (Å²) in [5.74, 6) is 1.99. The number of hydrogen-bond acceptors (Lipinski definition) is 7.